The molecule has 0 aliphatic carbocycles. The van der Waals surface area contributed by atoms with E-state index in [2.05, 4.69) is 10.6 Å². The van der Waals surface area contributed by atoms with Crippen molar-refractivity contribution < 1.29 is 14.3 Å². The number of ether oxygens (including phenoxy) is 1. The molecule has 1 heterocycles. The summed E-state index contributed by atoms with van der Waals surface area (Å²) in [5, 5.41) is 6.22. The Balaban J connectivity index is 0.00000242. The first-order valence-corrected chi connectivity index (χ1v) is 7.45. The Hall–Kier alpha value is -1.59. The highest BCUT2D eigenvalue weighted by atomic mass is 35.5. The largest absolute Gasteiger partial charge is 0.462 e. The minimum atomic E-state index is -0.459. The maximum atomic E-state index is 12.4. The molecule has 1 atom stereocenters. The van der Waals surface area contributed by atoms with Crippen LogP contribution in [0, 0.1) is 0 Å². The summed E-state index contributed by atoms with van der Waals surface area (Å²) in [7, 11) is 0. The van der Waals surface area contributed by atoms with E-state index in [4.69, 9.17) is 4.74 Å². The molecule has 0 bridgehead atoms. The summed E-state index contributed by atoms with van der Waals surface area (Å²) < 4.78 is 4.93. The number of halogens is 1. The van der Waals surface area contributed by atoms with E-state index in [-0.39, 0.29) is 24.3 Å². The van der Waals surface area contributed by atoms with Gasteiger partial charge in [-0.25, -0.2) is 4.79 Å². The molecule has 1 unspecified atom stereocenters. The quantitative estimate of drug-likeness (QED) is 0.816. The van der Waals surface area contributed by atoms with Gasteiger partial charge in [0.1, 0.15) is 0 Å². The highest BCUT2D eigenvalue weighted by molar-refractivity contribution is 5.99. The predicted octanol–water partition coefficient (Wildman–Crippen LogP) is 2.76. The highest BCUT2D eigenvalue weighted by Crippen LogP contribution is 2.25. The number of carbonyl (C=O) groups excluding carboxylic acids is 2. The van der Waals surface area contributed by atoms with E-state index >= 15 is 0 Å². The van der Waals surface area contributed by atoms with Gasteiger partial charge in [0.2, 0.25) is 5.91 Å². The van der Waals surface area contributed by atoms with E-state index < -0.39 is 5.54 Å². The summed E-state index contributed by atoms with van der Waals surface area (Å²) in [6.07, 6.45) is 2.64. The molecule has 2 N–H and O–H groups in total. The van der Waals surface area contributed by atoms with Gasteiger partial charge >= 0.3 is 5.97 Å². The number of rotatable bonds is 5. The van der Waals surface area contributed by atoms with E-state index in [1.165, 1.54) is 0 Å². The van der Waals surface area contributed by atoms with Crippen LogP contribution < -0.4 is 10.6 Å². The third kappa shape index (κ3) is 3.99. The topological polar surface area (TPSA) is 67.4 Å². The van der Waals surface area contributed by atoms with E-state index in [0.29, 0.717) is 17.9 Å². The van der Waals surface area contributed by atoms with E-state index in [1.807, 2.05) is 6.92 Å². The van der Waals surface area contributed by atoms with Crippen molar-refractivity contribution >= 4 is 30.0 Å². The molecular formula is C16H23ClN2O3. The molecule has 0 aromatic heterocycles. The van der Waals surface area contributed by atoms with Crippen LogP contribution in [0.5, 0.6) is 0 Å². The zero-order valence-electron chi connectivity index (χ0n) is 13.0. The summed E-state index contributed by atoms with van der Waals surface area (Å²) in [5.74, 6) is -0.357. The standard InChI is InChI=1S/C16H22N2O3.ClH/c1-3-16(10-5-11-17-16)15(20)18-13-8-6-12(7-9-13)14(19)21-4-2;/h6-9,17H,3-5,10-11H2,1-2H3,(H,18,20);1H. The minimum Gasteiger partial charge on any atom is -0.462 e. The Labute approximate surface area is 137 Å². The first kappa shape index (κ1) is 18.5. The molecule has 1 aliphatic rings. The second-order valence-corrected chi connectivity index (χ2v) is 5.22. The number of nitrogens with one attached hydrogen (secondary N) is 2. The van der Waals surface area contributed by atoms with Crippen molar-refractivity contribution in [3.63, 3.8) is 0 Å². The van der Waals surface area contributed by atoms with Crippen LogP contribution in [0.1, 0.15) is 43.5 Å². The van der Waals surface area contributed by atoms with Gasteiger partial charge in [0, 0.05) is 5.69 Å². The molecule has 122 valence electrons. The molecule has 1 aromatic carbocycles. The predicted molar refractivity (Wildman–Crippen MR) is 88.5 cm³/mol. The zero-order valence-corrected chi connectivity index (χ0v) is 13.8. The van der Waals surface area contributed by atoms with Gasteiger partial charge < -0.3 is 15.4 Å². The summed E-state index contributed by atoms with van der Waals surface area (Å²) in [6.45, 7) is 5.01. The molecular weight excluding hydrogens is 304 g/mol. The van der Waals surface area contributed by atoms with Crippen LogP contribution in [0.4, 0.5) is 5.69 Å². The Morgan fingerprint density at radius 2 is 1.95 bits per heavy atom. The summed E-state index contributed by atoms with van der Waals surface area (Å²) in [4.78, 5) is 24.0. The maximum absolute atomic E-state index is 12.4. The fourth-order valence-corrected chi connectivity index (χ4v) is 2.62. The van der Waals surface area contributed by atoms with Crippen molar-refractivity contribution in [2.45, 2.75) is 38.6 Å². The first-order valence-electron chi connectivity index (χ1n) is 7.45. The van der Waals surface area contributed by atoms with Crippen LogP contribution in [-0.2, 0) is 9.53 Å². The summed E-state index contributed by atoms with van der Waals surface area (Å²) in [5.41, 5.74) is 0.716. The van der Waals surface area contributed by atoms with Gasteiger partial charge in [0.05, 0.1) is 17.7 Å². The zero-order chi connectivity index (χ0) is 15.3. The lowest BCUT2D eigenvalue weighted by Gasteiger charge is -2.26. The number of hydrogen-bond donors (Lipinski definition) is 2. The fourth-order valence-electron chi connectivity index (χ4n) is 2.62. The second-order valence-electron chi connectivity index (χ2n) is 5.22. The number of esters is 1. The van der Waals surface area contributed by atoms with Crippen LogP contribution in [0.15, 0.2) is 24.3 Å². The second kappa shape index (κ2) is 8.15. The van der Waals surface area contributed by atoms with Crippen molar-refractivity contribution in [3.05, 3.63) is 29.8 Å². The lowest BCUT2D eigenvalue weighted by Crippen LogP contribution is -2.50. The Morgan fingerprint density at radius 3 is 2.45 bits per heavy atom. The maximum Gasteiger partial charge on any atom is 0.338 e. The average Bonchev–Trinajstić information content (AvgIpc) is 2.98. The summed E-state index contributed by atoms with van der Waals surface area (Å²) in [6, 6.07) is 6.77. The third-order valence-corrected chi connectivity index (χ3v) is 3.94. The van der Waals surface area contributed by atoms with Crippen molar-refractivity contribution in [3.8, 4) is 0 Å². The van der Waals surface area contributed by atoms with Crippen LogP contribution in [0.3, 0.4) is 0 Å². The molecule has 0 spiro atoms. The number of hydrogen-bond acceptors (Lipinski definition) is 4. The van der Waals surface area contributed by atoms with E-state index in [0.717, 1.165) is 25.8 Å². The monoisotopic (exact) mass is 326 g/mol. The molecule has 22 heavy (non-hydrogen) atoms. The SMILES string of the molecule is CCOC(=O)c1ccc(NC(=O)C2(CC)CCCN2)cc1.Cl. The number of carbonyl (C=O) groups is 2. The van der Waals surface area contributed by atoms with Crippen LogP contribution in [0.25, 0.3) is 0 Å². The molecule has 0 saturated carbocycles. The van der Waals surface area contributed by atoms with Crippen molar-refractivity contribution in [2.24, 2.45) is 0 Å². The van der Waals surface area contributed by atoms with Gasteiger partial charge in [-0.05, 0) is 57.0 Å². The van der Waals surface area contributed by atoms with E-state index in [9.17, 15) is 9.59 Å². The molecule has 6 heteroatoms. The van der Waals surface area contributed by atoms with Gasteiger partial charge in [-0.1, -0.05) is 6.92 Å². The van der Waals surface area contributed by atoms with Gasteiger partial charge in [-0.3, -0.25) is 4.79 Å². The molecule has 1 aliphatic heterocycles. The van der Waals surface area contributed by atoms with Crippen molar-refractivity contribution in [1.82, 2.24) is 5.32 Å². The molecule has 2 rings (SSSR count). The molecule has 5 nitrogen and oxygen atoms in total. The van der Waals surface area contributed by atoms with Crippen molar-refractivity contribution in [1.29, 1.82) is 0 Å². The van der Waals surface area contributed by atoms with Crippen LogP contribution in [0.2, 0.25) is 0 Å². The van der Waals surface area contributed by atoms with Gasteiger partial charge in [0.25, 0.3) is 0 Å². The van der Waals surface area contributed by atoms with Gasteiger partial charge in [-0.2, -0.15) is 0 Å². The fraction of sp³-hybridized carbons (Fsp3) is 0.500. The van der Waals surface area contributed by atoms with Crippen LogP contribution >= 0.6 is 12.4 Å². The third-order valence-electron chi connectivity index (χ3n) is 3.94. The average molecular weight is 327 g/mol. The molecule has 0 radical (unpaired) electrons. The highest BCUT2D eigenvalue weighted by Gasteiger charge is 2.38. The van der Waals surface area contributed by atoms with E-state index in [1.54, 1.807) is 31.2 Å². The Morgan fingerprint density at radius 1 is 1.27 bits per heavy atom. The van der Waals surface area contributed by atoms with Gasteiger partial charge in [0.15, 0.2) is 0 Å². The lowest BCUT2D eigenvalue weighted by atomic mass is 9.93. The molecule has 1 fully saturated rings. The van der Waals surface area contributed by atoms with Gasteiger partial charge in [-0.15, -0.1) is 12.4 Å². The van der Waals surface area contributed by atoms with Crippen molar-refractivity contribution in [2.75, 3.05) is 18.5 Å². The number of benzene rings is 1. The normalized spacial score (nSPS) is 20.1. The smallest absolute Gasteiger partial charge is 0.338 e. The molecule has 1 amide bonds. The minimum absolute atomic E-state index is 0. The number of amides is 1. The molecule has 1 saturated heterocycles. The Kier molecular flexibility index (Phi) is 6.84. The molecule has 1 aromatic rings. The lowest BCUT2D eigenvalue weighted by molar-refractivity contribution is -0.122. The van der Waals surface area contributed by atoms with Crippen LogP contribution in [-0.4, -0.2) is 30.6 Å². The Bertz CT molecular complexity index is 511. The summed E-state index contributed by atoms with van der Waals surface area (Å²) >= 11 is 0. The number of anilines is 1. The first-order chi connectivity index (χ1) is 10.1.